The number of anilines is 2. The minimum absolute atomic E-state index is 0.216. The normalized spacial score (nSPS) is 21.1. The van der Waals surface area contributed by atoms with E-state index in [2.05, 4.69) is 41.7 Å². The van der Waals surface area contributed by atoms with Gasteiger partial charge in [0.1, 0.15) is 10.6 Å². The van der Waals surface area contributed by atoms with Crippen molar-refractivity contribution in [3.05, 3.63) is 11.1 Å². The number of piperazine rings is 1. The molecule has 3 aliphatic rings. The van der Waals surface area contributed by atoms with E-state index in [9.17, 15) is 0 Å². The van der Waals surface area contributed by atoms with Gasteiger partial charge in [-0.2, -0.15) is 0 Å². The highest BCUT2D eigenvalue weighted by molar-refractivity contribution is 7.98. The zero-order valence-corrected chi connectivity index (χ0v) is 22.7. The molecule has 8 nitrogen and oxygen atoms in total. The highest BCUT2D eigenvalue weighted by Crippen LogP contribution is 2.45. The molecule has 0 aromatic carbocycles. The van der Waals surface area contributed by atoms with Gasteiger partial charge in [-0.25, -0.2) is 15.0 Å². The van der Waals surface area contributed by atoms with Crippen LogP contribution in [-0.2, 0) is 22.5 Å². The number of nitrogens with zero attached hydrogens (tertiary/aromatic N) is 6. The number of hydrogen-bond donors (Lipinski definition) is 0. The van der Waals surface area contributed by atoms with Gasteiger partial charge in [0.05, 0.1) is 35.6 Å². The number of fused-ring (bicyclic) bond motifs is 5. The molecule has 0 spiro atoms. The van der Waals surface area contributed by atoms with Gasteiger partial charge >= 0.3 is 0 Å². The molecule has 0 atom stereocenters. The summed E-state index contributed by atoms with van der Waals surface area (Å²) in [6.07, 6.45) is 2.92. The highest BCUT2D eigenvalue weighted by Gasteiger charge is 2.34. The van der Waals surface area contributed by atoms with E-state index in [0.717, 1.165) is 92.6 Å². The molecule has 0 unspecified atom stereocenters. The quantitative estimate of drug-likeness (QED) is 0.382. The van der Waals surface area contributed by atoms with Crippen LogP contribution in [0.2, 0.25) is 0 Å². The van der Waals surface area contributed by atoms with Crippen LogP contribution < -0.4 is 9.80 Å². The Bertz CT molecular complexity index is 1250. The number of aromatic nitrogens is 3. The number of rotatable bonds is 4. The lowest BCUT2D eigenvalue weighted by Gasteiger charge is -2.36. The predicted octanol–water partition coefficient (Wildman–Crippen LogP) is 3.79. The molecule has 6 heterocycles. The smallest absolute Gasteiger partial charge is 0.189 e. The fraction of sp³-hybridized carbons (Fsp3) is 0.640. The van der Waals surface area contributed by atoms with Gasteiger partial charge in [0.2, 0.25) is 0 Å². The molecule has 0 amide bonds. The first-order valence-corrected chi connectivity index (χ1v) is 14.7. The summed E-state index contributed by atoms with van der Waals surface area (Å²) >= 11 is 3.38. The van der Waals surface area contributed by atoms with Crippen LogP contribution in [0.25, 0.3) is 20.4 Å². The van der Waals surface area contributed by atoms with Crippen LogP contribution in [0.5, 0.6) is 0 Å². The van der Waals surface area contributed by atoms with Crippen molar-refractivity contribution in [2.45, 2.75) is 44.6 Å². The molecule has 3 aromatic rings. The van der Waals surface area contributed by atoms with E-state index in [1.54, 1.807) is 23.1 Å². The summed E-state index contributed by atoms with van der Waals surface area (Å²) < 4.78 is 13.1. The van der Waals surface area contributed by atoms with Crippen LogP contribution in [0.3, 0.4) is 0 Å². The third-order valence-electron chi connectivity index (χ3n) is 7.44. The van der Waals surface area contributed by atoms with Crippen molar-refractivity contribution in [2.75, 3.05) is 75.1 Å². The summed E-state index contributed by atoms with van der Waals surface area (Å²) in [7, 11) is 0. The van der Waals surface area contributed by atoms with E-state index in [4.69, 9.17) is 24.4 Å². The van der Waals surface area contributed by atoms with E-state index < -0.39 is 0 Å². The Morgan fingerprint density at radius 1 is 0.943 bits per heavy atom. The molecule has 0 N–H and O–H groups in total. The van der Waals surface area contributed by atoms with Crippen molar-refractivity contribution in [1.82, 2.24) is 19.9 Å². The van der Waals surface area contributed by atoms with Crippen LogP contribution in [0, 0.1) is 0 Å². The molecule has 2 saturated heterocycles. The van der Waals surface area contributed by atoms with Crippen molar-refractivity contribution >= 4 is 55.2 Å². The average molecular weight is 515 g/mol. The molecular weight excluding hydrogens is 480 g/mol. The Balaban J connectivity index is 1.56. The zero-order valence-electron chi connectivity index (χ0n) is 21.1. The van der Waals surface area contributed by atoms with Crippen LogP contribution in [0.1, 0.15) is 31.9 Å². The number of likely N-dealkylation sites (N-methyl/N-ethyl adjacent to an activating group) is 1. The Kier molecular flexibility index (Phi) is 6.29. The van der Waals surface area contributed by atoms with Gasteiger partial charge in [0.15, 0.2) is 11.0 Å². The maximum Gasteiger partial charge on any atom is 0.189 e. The maximum atomic E-state index is 6.30. The summed E-state index contributed by atoms with van der Waals surface area (Å²) in [5.41, 5.74) is 3.42. The third kappa shape index (κ3) is 4.27. The maximum absolute atomic E-state index is 6.30. The number of thiophene rings is 1. The molecule has 0 aliphatic carbocycles. The summed E-state index contributed by atoms with van der Waals surface area (Å²) in [6.45, 7) is 15.6. The van der Waals surface area contributed by atoms with Crippen molar-refractivity contribution < 1.29 is 9.47 Å². The molecule has 2 fully saturated rings. The van der Waals surface area contributed by atoms with Crippen LogP contribution >= 0.6 is 23.1 Å². The fourth-order valence-corrected chi connectivity index (χ4v) is 6.96. The minimum atomic E-state index is -0.216. The number of morpholine rings is 1. The summed E-state index contributed by atoms with van der Waals surface area (Å²) in [5.74, 6) is 2.14. The molecule has 6 rings (SSSR count). The van der Waals surface area contributed by atoms with Gasteiger partial charge in [-0.1, -0.05) is 18.7 Å². The first kappa shape index (κ1) is 23.7. The summed E-state index contributed by atoms with van der Waals surface area (Å²) in [6, 6.07) is 0. The largest absolute Gasteiger partial charge is 0.378 e. The van der Waals surface area contributed by atoms with Crippen LogP contribution in [-0.4, -0.2) is 90.7 Å². The lowest BCUT2D eigenvalue weighted by molar-refractivity contribution is -0.0396. The Morgan fingerprint density at radius 2 is 1.69 bits per heavy atom. The van der Waals surface area contributed by atoms with E-state index >= 15 is 0 Å². The zero-order chi connectivity index (χ0) is 24.2. The average Bonchev–Trinajstić information content (AvgIpc) is 3.26. The molecule has 10 heteroatoms. The second-order valence-electron chi connectivity index (χ2n) is 10.1. The van der Waals surface area contributed by atoms with Gasteiger partial charge in [-0.15, -0.1) is 11.3 Å². The Labute approximate surface area is 215 Å². The molecule has 0 saturated carbocycles. The lowest BCUT2D eigenvalue weighted by atomic mass is 9.90. The van der Waals surface area contributed by atoms with Crippen molar-refractivity contribution in [1.29, 1.82) is 0 Å². The van der Waals surface area contributed by atoms with E-state index in [0.29, 0.717) is 6.61 Å². The highest BCUT2D eigenvalue weighted by atomic mass is 32.2. The third-order valence-corrected chi connectivity index (χ3v) is 9.06. The van der Waals surface area contributed by atoms with Gasteiger partial charge in [-0.3, -0.25) is 0 Å². The van der Waals surface area contributed by atoms with Gasteiger partial charge in [-0.05, 0) is 32.2 Å². The summed E-state index contributed by atoms with van der Waals surface area (Å²) in [5, 5.41) is 2.04. The number of pyridine rings is 1. The predicted molar refractivity (Wildman–Crippen MR) is 144 cm³/mol. The van der Waals surface area contributed by atoms with E-state index in [1.165, 1.54) is 21.2 Å². The lowest BCUT2D eigenvalue weighted by Crippen LogP contribution is -2.46. The van der Waals surface area contributed by atoms with Crippen molar-refractivity contribution in [3.8, 4) is 0 Å². The molecule has 0 bridgehead atoms. The first-order valence-electron chi connectivity index (χ1n) is 12.6. The second kappa shape index (κ2) is 9.30. The minimum Gasteiger partial charge on any atom is -0.378 e. The fourth-order valence-electron chi connectivity index (χ4n) is 5.44. The molecule has 35 heavy (non-hydrogen) atoms. The SMILES string of the molecule is CCN1CCN(c2nc(SC)nc3c2sc2nc(N4CCOCC4)c4c(c23)CC(C)(C)OC4)CC1. The topological polar surface area (TPSA) is 66.9 Å². The molecule has 3 aliphatic heterocycles. The summed E-state index contributed by atoms with van der Waals surface area (Å²) in [4.78, 5) is 23.8. The van der Waals surface area contributed by atoms with Crippen molar-refractivity contribution in [2.24, 2.45) is 0 Å². The Hall–Kier alpha value is -1.72. The number of hydrogen-bond acceptors (Lipinski definition) is 10. The van der Waals surface area contributed by atoms with Crippen LogP contribution in [0.4, 0.5) is 11.6 Å². The van der Waals surface area contributed by atoms with Gasteiger partial charge in [0, 0.05) is 56.6 Å². The second-order valence-corrected chi connectivity index (χ2v) is 11.9. The monoisotopic (exact) mass is 514 g/mol. The molecule has 188 valence electrons. The van der Waals surface area contributed by atoms with E-state index in [-0.39, 0.29) is 5.60 Å². The first-order chi connectivity index (χ1) is 17.0. The number of ether oxygens (including phenoxy) is 2. The molecular formula is C25H34N6O2S2. The van der Waals surface area contributed by atoms with E-state index in [1.807, 2.05) is 0 Å². The van der Waals surface area contributed by atoms with Gasteiger partial charge < -0.3 is 24.2 Å². The molecule has 3 aromatic heterocycles. The Morgan fingerprint density at radius 3 is 2.40 bits per heavy atom. The van der Waals surface area contributed by atoms with Crippen molar-refractivity contribution in [3.63, 3.8) is 0 Å². The standard InChI is InChI=1S/C25H34N6O2S2/c1-5-29-6-8-30(9-7-29)22-20-19(26-24(28-22)34-4)18-16-14-25(2,3)33-15-17(16)21(27-23(18)35-20)31-10-12-32-13-11-31/h5-15H2,1-4H3. The molecule has 0 radical (unpaired) electrons. The van der Waals surface area contributed by atoms with Crippen LogP contribution in [0.15, 0.2) is 5.16 Å². The number of thioether (sulfide) groups is 1. The van der Waals surface area contributed by atoms with Gasteiger partial charge in [0.25, 0.3) is 0 Å².